The van der Waals surface area contributed by atoms with Crippen LogP contribution >= 0.6 is 11.6 Å². The second-order valence-electron chi connectivity index (χ2n) is 9.36. The van der Waals surface area contributed by atoms with Crippen molar-refractivity contribution in [1.82, 2.24) is 16.0 Å². The molecule has 0 spiro atoms. The molecule has 1 saturated carbocycles. The Balaban J connectivity index is 0.000000524. The summed E-state index contributed by atoms with van der Waals surface area (Å²) in [6.45, 7) is 7.82. The maximum absolute atomic E-state index is 12.0. The summed E-state index contributed by atoms with van der Waals surface area (Å²) in [5.74, 6) is 1.47. The Bertz CT molecular complexity index is 1010. The Kier molecular flexibility index (Phi) is 17.3. The van der Waals surface area contributed by atoms with Crippen molar-refractivity contribution in [2.24, 2.45) is 11.7 Å². The van der Waals surface area contributed by atoms with Gasteiger partial charge in [-0.2, -0.15) is 0 Å². The number of hydrogen-bond donors (Lipinski definition) is 4. The van der Waals surface area contributed by atoms with Crippen molar-refractivity contribution in [2.45, 2.75) is 65.3 Å². The van der Waals surface area contributed by atoms with Crippen LogP contribution in [0.25, 0.3) is 0 Å². The first-order chi connectivity index (χ1) is 18.8. The molecule has 3 rings (SSSR count). The normalized spacial score (nSPS) is 12.8. The number of halogens is 1. The fraction of sp³-hybridized carbons (Fsp3) is 0.500. The number of benzene rings is 2. The van der Waals surface area contributed by atoms with E-state index < -0.39 is 0 Å². The van der Waals surface area contributed by atoms with Crippen LogP contribution in [0.4, 0.5) is 0 Å². The smallest absolute Gasteiger partial charge is 0.237 e. The largest absolute Gasteiger partial charge is 0.492 e. The zero-order valence-electron chi connectivity index (χ0n) is 23.7. The van der Waals surface area contributed by atoms with Gasteiger partial charge in [-0.25, -0.2) is 0 Å². The standard InChI is InChI=1S/C21H33N3O3.C8H9Cl.CH3NO/c1-3-19(25)23-13-7-11-16-8-4-5-12-18(16)27-15-14-24-20(21(26)22-2)17-9-6-10-17;1-6-3-4-8(9)5-7(6)2;2-1-3/h4-5,8,12,17,20,24H,3,6-7,9-11,13-15H2,1-2H3,(H,22,26)(H,23,25);3-5H,1-2H3;1H,(H2,2,3). The minimum Gasteiger partial charge on any atom is -0.492 e. The van der Waals surface area contributed by atoms with Crippen LogP contribution in [0.2, 0.25) is 5.02 Å². The molecular weight excluding hydrogens is 516 g/mol. The van der Waals surface area contributed by atoms with Crippen LogP contribution in [0, 0.1) is 19.8 Å². The van der Waals surface area contributed by atoms with Crippen LogP contribution in [-0.2, 0) is 20.8 Å². The quantitative estimate of drug-likeness (QED) is 0.230. The highest BCUT2D eigenvalue weighted by Gasteiger charge is 2.31. The number of para-hydroxylation sites is 1. The number of amides is 3. The highest BCUT2D eigenvalue weighted by atomic mass is 35.5. The van der Waals surface area contributed by atoms with Crippen LogP contribution in [0.5, 0.6) is 5.75 Å². The van der Waals surface area contributed by atoms with Gasteiger partial charge in [0, 0.05) is 31.6 Å². The number of aryl methyl sites for hydroxylation is 3. The van der Waals surface area contributed by atoms with Crippen molar-refractivity contribution in [3.8, 4) is 5.75 Å². The summed E-state index contributed by atoms with van der Waals surface area (Å²) in [6.07, 6.45) is 5.95. The van der Waals surface area contributed by atoms with Crippen LogP contribution in [0.1, 0.15) is 55.7 Å². The number of ether oxygens (including phenoxy) is 1. The molecule has 1 fully saturated rings. The SMILES string of the molecule is CCC(=O)NCCCc1ccccc1OCCNC(C(=O)NC)C1CCC1.Cc1ccc(Cl)cc1C.NC=O. The maximum Gasteiger partial charge on any atom is 0.237 e. The fourth-order valence-electron chi connectivity index (χ4n) is 3.97. The van der Waals surface area contributed by atoms with Gasteiger partial charge < -0.3 is 26.4 Å². The minimum absolute atomic E-state index is 0.0641. The number of primary amides is 1. The molecule has 39 heavy (non-hydrogen) atoms. The van der Waals surface area contributed by atoms with Crippen molar-refractivity contribution >= 4 is 29.8 Å². The van der Waals surface area contributed by atoms with Gasteiger partial charge in [-0.05, 0) is 80.3 Å². The predicted octanol–water partition coefficient (Wildman–Crippen LogP) is 4.09. The Morgan fingerprint density at radius 2 is 1.82 bits per heavy atom. The van der Waals surface area contributed by atoms with E-state index in [4.69, 9.17) is 21.1 Å². The van der Waals surface area contributed by atoms with Gasteiger partial charge in [0.25, 0.3) is 0 Å². The lowest BCUT2D eigenvalue weighted by Gasteiger charge is -2.33. The van der Waals surface area contributed by atoms with Crippen LogP contribution in [0.15, 0.2) is 42.5 Å². The van der Waals surface area contributed by atoms with Gasteiger partial charge in [-0.3, -0.25) is 14.4 Å². The molecule has 5 N–H and O–H groups in total. The lowest BCUT2D eigenvalue weighted by Crippen LogP contribution is -2.50. The van der Waals surface area contributed by atoms with Crippen LogP contribution in [0.3, 0.4) is 0 Å². The van der Waals surface area contributed by atoms with E-state index in [1.807, 2.05) is 43.3 Å². The molecule has 0 radical (unpaired) electrons. The molecule has 0 aliphatic heterocycles. The molecule has 2 aromatic rings. The summed E-state index contributed by atoms with van der Waals surface area (Å²) in [5, 5.41) is 9.81. The van der Waals surface area contributed by atoms with Crippen molar-refractivity contribution < 1.29 is 19.1 Å². The van der Waals surface area contributed by atoms with Crippen LogP contribution < -0.4 is 26.4 Å². The van der Waals surface area contributed by atoms with Crippen molar-refractivity contribution in [1.29, 1.82) is 0 Å². The third-order valence-corrected chi connectivity index (χ3v) is 6.82. The molecule has 2 aromatic carbocycles. The molecule has 1 atom stereocenters. The monoisotopic (exact) mass is 560 g/mol. The van der Waals surface area contributed by atoms with E-state index in [0.717, 1.165) is 42.0 Å². The zero-order chi connectivity index (χ0) is 29.0. The Morgan fingerprint density at radius 1 is 1.13 bits per heavy atom. The van der Waals surface area contributed by atoms with Gasteiger partial charge in [-0.1, -0.05) is 49.2 Å². The lowest BCUT2D eigenvalue weighted by atomic mass is 9.79. The number of nitrogens with two attached hydrogens (primary N) is 1. The summed E-state index contributed by atoms with van der Waals surface area (Å²) in [4.78, 5) is 31.9. The number of carbonyl (C=O) groups is 3. The van der Waals surface area contributed by atoms with E-state index in [1.165, 1.54) is 17.5 Å². The van der Waals surface area contributed by atoms with E-state index in [9.17, 15) is 9.59 Å². The molecule has 0 bridgehead atoms. The summed E-state index contributed by atoms with van der Waals surface area (Å²) in [7, 11) is 1.69. The van der Waals surface area contributed by atoms with Gasteiger partial charge >= 0.3 is 0 Å². The predicted molar refractivity (Wildman–Crippen MR) is 158 cm³/mol. The summed E-state index contributed by atoms with van der Waals surface area (Å²) in [5.41, 5.74) is 7.85. The molecule has 1 unspecified atom stereocenters. The van der Waals surface area contributed by atoms with E-state index in [0.29, 0.717) is 32.0 Å². The van der Waals surface area contributed by atoms with Crippen molar-refractivity contribution in [2.75, 3.05) is 26.7 Å². The molecule has 3 amide bonds. The summed E-state index contributed by atoms with van der Waals surface area (Å²) in [6, 6.07) is 13.8. The average Bonchev–Trinajstić information content (AvgIpc) is 2.90. The molecule has 8 nitrogen and oxygen atoms in total. The molecule has 0 aromatic heterocycles. The van der Waals surface area contributed by atoms with E-state index in [-0.39, 0.29) is 24.3 Å². The second-order valence-corrected chi connectivity index (χ2v) is 9.80. The molecule has 1 aliphatic rings. The van der Waals surface area contributed by atoms with Crippen molar-refractivity contribution in [3.63, 3.8) is 0 Å². The minimum atomic E-state index is -0.121. The molecular formula is C30H45ClN4O4. The second kappa shape index (κ2) is 19.9. The van der Waals surface area contributed by atoms with Crippen LogP contribution in [-0.4, -0.2) is 51.0 Å². The topological polar surface area (TPSA) is 123 Å². The Hall–Kier alpha value is -3.10. The number of nitrogens with one attached hydrogen (secondary N) is 3. The van der Waals surface area contributed by atoms with Gasteiger partial charge in [0.1, 0.15) is 12.4 Å². The van der Waals surface area contributed by atoms with E-state index in [2.05, 4.69) is 41.6 Å². The van der Waals surface area contributed by atoms with Gasteiger partial charge in [-0.15, -0.1) is 0 Å². The molecule has 216 valence electrons. The Morgan fingerprint density at radius 3 is 2.38 bits per heavy atom. The fourth-order valence-corrected chi connectivity index (χ4v) is 4.19. The molecule has 0 saturated heterocycles. The average molecular weight is 561 g/mol. The first-order valence-electron chi connectivity index (χ1n) is 13.6. The van der Waals surface area contributed by atoms with Gasteiger partial charge in [0.2, 0.25) is 18.2 Å². The first kappa shape index (κ1) is 33.9. The molecule has 9 heteroatoms. The highest BCUT2D eigenvalue weighted by molar-refractivity contribution is 6.30. The first-order valence-corrected chi connectivity index (χ1v) is 14.0. The number of likely N-dealkylation sites (N-methyl/N-ethyl adjacent to an activating group) is 1. The van der Waals surface area contributed by atoms with Gasteiger partial charge in [0.15, 0.2) is 0 Å². The third kappa shape index (κ3) is 13.5. The van der Waals surface area contributed by atoms with Gasteiger partial charge in [0.05, 0.1) is 6.04 Å². The highest BCUT2D eigenvalue weighted by Crippen LogP contribution is 2.29. The van der Waals surface area contributed by atoms with E-state index in [1.54, 1.807) is 7.05 Å². The zero-order valence-corrected chi connectivity index (χ0v) is 24.5. The number of hydrogen-bond acceptors (Lipinski definition) is 5. The maximum atomic E-state index is 12.0. The van der Waals surface area contributed by atoms with Crippen molar-refractivity contribution in [3.05, 3.63) is 64.2 Å². The molecule has 1 aliphatic carbocycles. The molecule has 0 heterocycles. The summed E-state index contributed by atoms with van der Waals surface area (Å²) < 4.78 is 5.95. The third-order valence-electron chi connectivity index (χ3n) is 6.58. The van der Waals surface area contributed by atoms with E-state index >= 15 is 0 Å². The summed E-state index contributed by atoms with van der Waals surface area (Å²) >= 11 is 5.72. The number of rotatable bonds is 12. The number of carbonyl (C=O) groups excluding carboxylic acids is 3. The lowest BCUT2D eigenvalue weighted by molar-refractivity contribution is -0.125. The Labute approximate surface area is 238 Å².